The van der Waals surface area contributed by atoms with E-state index in [9.17, 15) is 9.90 Å². The minimum absolute atomic E-state index is 0.0857. The highest BCUT2D eigenvalue weighted by molar-refractivity contribution is 5.75. The lowest BCUT2D eigenvalue weighted by molar-refractivity contribution is -0.0678. The number of carbonyl (C=O) groups is 1. The second-order valence-electron chi connectivity index (χ2n) is 5.02. The molecule has 2 fully saturated rings. The Morgan fingerprint density at radius 1 is 1.36 bits per heavy atom. The molecule has 2 saturated carbocycles. The minimum atomic E-state index is -0.284. The van der Waals surface area contributed by atoms with Crippen molar-refractivity contribution < 1.29 is 9.90 Å². The molecule has 0 spiro atoms. The van der Waals surface area contributed by atoms with Gasteiger partial charge in [0.2, 0.25) is 0 Å². The van der Waals surface area contributed by atoms with Gasteiger partial charge in [-0.3, -0.25) is 0 Å². The maximum atomic E-state index is 11.4. The van der Waals surface area contributed by atoms with E-state index in [1.54, 1.807) is 0 Å². The molecule has 0 aromatic rings. The van der Waals surface area contributed by atoms with Crippen molar-refractivity contribution in [3.05, 3.63) is 0 Å². The lowest BCUT2D eigenvalue weighted by Gasteiger charge is -2.49. The van der Waals surface area contributed by atoms with Crippen LogP contribution in [0.1, 0.15) is 33.1 Å². The van der Waals surface area contributed by atoms with Crippen LogP contribution in [0.3, 0.4) is 0 Å². The van der Waals surface area contributed by atoms with E-state index in [1.807, 2.05) is 13.8 Å². The van der Waals surface area contributed by atoms with E-state index in [2.05, 4.69) is 10.6 Å². The summed E-state index contributed by atoms with van der Waals surface area (Å²) in [4.78, 5) is 11.4. The number of hydrogen-bond acceptors (Lipinski definition) is 2. The van der Waals surface area contributed by atoms with Crippen molar-refractivity contribution in [1.29, 1.82) is 0 Å². The Morgan fingerprint density at radius 3 is 2.43 bits per heavy atom. The van der Waals surface area contributed by atoms with E-state index >= 15 is 0 Å². The third kappa shape index (κ3) is 1.71. The molecule has 14 heavy (non-hydrogen) atoms. The van der Waals surface area contributed by atoms with Crippen LogP contribution in [0.25, 0.3) is 0 Å². The summed E-state index contributed by atoms with van der Waals surface area (Å²) in [6, 6.07) is 0.414. The van der Waals surface area contributed by atoms with Crippen LogP contribution in [0.5, 0.6) is 0 Å². The minimum Gasteiger partial charge on any atom is -0.392 e. The topological polar surface area (TPSA) is 61.4 Å². The molecule has 0 saturated heterocycles. The summed E-state index contributed by atoms with van der Waals surface area (Å²) in [7, 11) is 0. The predicted molar refractivity (Wildman–Crippen MR) is 52.9 cm³/mol. The van der Waals surface area contributed by atoms with Crippen molar-refractivity contribution in [1.82, 2.24) is 10.6 Å². The lowest BCUT2D eigenvalue weighted by atomic mass is 9.65. The summed E-state index contributed by atoms with van der Waals surface area (Å²) in [5.74, 6) is 0. The van der Waals surface area contributed by atoms with Gasteiger partial charge in [0, 0.05) is 17.5 Å². The van der Waals surface area contributed by atoms with Crippen LogP contribution >= 0.6 is 0 Å². The van der Waals surface area contributed by atoms with E-state index in [4.69, 9.17) is 0 Å². The first-order valence-corrected chi connectivity index (χ1v) is 5.25. The largest absolute Gasteiger partial charge is 0.392 e. The smallest absolute Gasteiger partial charge is 0.315 e. The normalized spacial score (nSPS) is 34.5. The quantitative estimate of drug-likeness (QED) is 0.608. The number of nitrogens with one attached hydrogen (secondary N) is 2. The first kappa shape index (κ1) is 9.77. The van der Waals surface area contributed by atoms with Gasteiger partial charge in [0.25, 0.3) is 0 Å². The zero-order valence-corrected chi connectivity index (χ0v) is 8.71. The monoisotopic (exact) mass is 198 g/mol. The van der Waals surface area contributed by atoms with Gasteiger partial charge in [0.15, 0.2) is 0 Å². The highest BCUT2D eigenvalue weighted by Gasteiger charge is 2.48. The third-order valence-electron chi connectivity index (χ3n) is 3.43. The van der Waals surface area contributed by atoms with Gasteiger partial charge in [-0.05, 0) is 19.3 Å². The van der Waals surface area contributed by atoms with Crippen LogP contribution in [0.15, 0.2) is 0 Å². The molecule has 2 amide bonds. The van der Waals surface area contributed by atoms with Crippen LogP contribution in [-0.4, -0.2) is 29.3 Å². The average molecular weight is 198 g/mol. The molecule has 2 atom stereocenters. The van der Waals surface area contributed by atoms with Crippen LogP contribution in [0.4, 0.5) is 4.79 Å². The van der Waals surface area contributed by atoms with Crippen molar-refractivity contribution in [3.63, 3.8) is 0 Å². The summed E-state index contributed by atoms with van der Waals surface area (Å²) in [6.07, 6.45) is 2.59. The average Bonchev–Trinajstić information content (AvgIpc) is 2.88. The van der Waals surface area contributed by atoms with E-state index in [0.29, 0.717) is 12.5 Å². The summed E-state index contributed by atoms with van der Waals surface area (Å²) < 4.78 is 0. The molecular weight excluding hydrogens is 180 g/mol. The van der Waals surface area contributed by atoms with E-state index < -0.39 is 0 Å². The van der Waals surface area contributed by atoms with Crippen LogP contribution < -0.4 is 10.6 Å². The van der Waals surface area contributed by atoms with Gasteiger partial charge < -0.3 is 15.7 Å². The van der Waals surface area contributed by atoms with E-state index in [-0.39, 0.29) is 23.6 Å². The summed E-state index contributed by atoms with van der Waals surface area (Å²) in [5, 5.41) is 15.3. The SMILES string of the molecule is CC1(C)C(O)CC1NC(=O)NC1CC1. The molecule has 0 heterocycles. The second kappa shape index (κ2) is 3.12. The molecule has 80 valence electrons. The summed E-state index contributed by atoms with van der Waals surface area (Å²) >= 11 is 0. The van der Waals surface area contributed by atoms with Crippen molar-refractivity contribution in [2.75, 3.05) is 0 Å². The molecule has 2 aliphatic carbocycles. The number of aliphatic hydroxyl groups excluding tert-OH is 1. The van der Waals surface area contributed by atoms with Crippen molar-refractivity contribution >= 4 is 6.03 Å². The van der Waals surface area contributed by atoms with Crippen LogP contribution in [-0.2, 0) is 0 Å². The predicted octanol–water partition coefficient (Wildman–Crippen LogP) is 0.607. The Hall–Kier alpha value is -0.770. The fraction of sp³-hybridized carbons (Fsp3) is 0.900. The maximum Gasteiger partial charge on any atom is 0.315 e. The Morgan fingerprint density at radius 2 is 2.00 bits per heavy atom. The molecular formula is C10H18N2O2. The number of aliphatic hydroxyl groups is 1. The number of carbonyl (C=O) groups excluding carboxylic acids is 1. The number of rotatable bonds is 2. The Bertz CT molecular complexity index is 249. The third-order valence-corrected chi connectivity index (χ3v) is 3.43. The highest BCUT2D eigenvalue weighted by atomic mass is 16.3. The Kier molecular flexibility index (Phi) is 2.18. The van der Waals surface area contributed by atoms with E-state index in [0.717, 1.165) is 12.8 Å². The van der Waals surface area contributed by atoms with Gasteiger partial charge in [0.1, 0.15) is 0 Å². The lowest BCUT2D eigenvalue weighted by Crippen LogP contribution is -2.62. The van der Waals surface area contributed by atoms with Gasteiger partial charge in [-0.2, -0.15) is 0 Å². The molecule has 0 aromatic carbocycles. The molecule has 0 radical (unpaired) electrons. The molecule has 2 unspecified atom stereocenters. The van der Waals surface area contributed by atoms with Gasteiger partial charge in [-0.1, -0.05) is 13.8 Å². The molecule has 0 aromatic heterocycles. The first-order chi connectivity index (χ1) is 6.50. The first-order valence-electron chi connectivity index (χ1n) is 5.25. The molecule has 0 bridgehead atoms. The summed E-state index contributed by atoms with van der Waals surface area (Å²) in [6.45, 7) is 3.95. The molecule has 3 N–H and O–H groups in total. The fourth-order valence-corrected chi connectivity index (χ4v) is 1.76. The molecule has 4 nitrogen and oxygen atoms in total. The van der Waals surface area contributed by atoms with Gasteiger partial charge in [0.05, 0.1) is 6.10 Å². The van der Waals surface area contributed by atoms with Crippen LogP contribution in [0.2, 0.25) is 0 Å². The molecule has 4 heteroatoms. The Labute approximate surface area is 84.1 Å². The fourth-order valence-electron chi connectivity index (χ4n) is 1.76. The Balaban J connectivity index is 1.77. The van der Waals surface area contributed by atoms with Gasteiger partial charge in [-0.25, -0.2) is 4.79 Å². The number of amides is 2. The van der Waals surface area contributed by atoms with Crippen molar-refractivity contribution in [3.8, 4) is 0 Å². The van der Waals surface area contributed by atoms with Gasteiger partial charge >= 0.3 is 6.03 Å². The second-order valence-corrected chi connectivity index (χ2v) is 5.02. The standard InChI is InChI=1S/C10H18N2O2/c1-10(2)7(5-8(10)13)12-9(14)11-6-3-4-6/h6-8,13H,3-5H2,1-2H3,(H2,11,12,14). The summed E-state index contributed by atoms with van der Waals surface area (Å²) in [5.41, 5.74) is -0.180. The zero-order chi connectivity index (χ0) is 10.3. The van der Waals surface area contributed by atoms with Crippen molar-refractivity contribution in [2.45, 2.75) is 51.3 Å². The zero-order valence-electron chi connectivity index (χ0n) is 8.71. The van der Waals surface area contributed by atoms with Crippen LogP contribution in [0, 0.1) is 5.41 Å². The maximum absolute atomic E-state index is 11.4. The van der Waals surface area contributed by atoms with E-state index in [1.165, 1.54) is 0 Å². The van der Waals surface area contributed by atoms with Crippen molar-refractivity contribution in [2.24, 2.45) is 5.41 Å². The number of hydrogen-bond donors (Lipinski definition) is 3. The molecule has 2 aliphatic rings. The molecule has 2 rings (SSSR count). The van der Waals surface area contributed by atoms with Gasteiger partial charge in [-0.15, -0.1) is 0 Å². The molecule has 0 aliphatic heterocycles. The highest BCUT2D eigenvalue weighted by Crippen LogP contribution is 2.40. The number of urea groups is 1.